The molecular formula is C22H32ClN3O2. The fraction of sp³-hybridized carbons (Fsp3) is 0.727. The number of carbonyl (C=O) groups is 1. The van der Waals surface area contributed by atoms with Gasteiger partial charge in [-0.2, -0.15) is 0 Å². The first-order valence-corrected chi connectivity index (χ1v) is 11.3. The van der Waals surface area contributed by atoms with E-state index in [1.54, 1.807) is 0 Å². The van der Waals surface area contributed by atoms with Crippen LogP contribution >= 0.6 is 11.6 Å². The maximum Gasteiger partial charge on any atom is 0.266 e. The summed E-state index contributed by atoms with van der Waals surface area (Å²) in [6.07, 6.45) is 13.4. The summed E-state index contributed by atoms with van der Waals surface area (Å²) >= 11 is 5.90. The molecule has 1 spiro atoms. The third kappa shape index (κ3) is 4.46. The Bertz CT molecular complexity index is 758. The average Bonchev–Trinajstić information content (AvgIpc) is 3.12. The van der Waals surface area contributed by atoms with Crippen LogP contribution < -0.4 is 5.56 Å². The topological polar surface area (TPSA) is 56.4 Å². The van der Waals surface area contributed by atoms with Crippen LogP contribution in [0.3, 0.4) is 0 Å². The third-order valence-electron chi connectivity index (χ3n) is 7.15. The van der Waals surface area contributed by atoms with Crippen molar-refractivity contribution in [2.75, 3.05) is 32.7 Å². The van der Waals surface area contributed by atoms with Crippen LogP contribution in [0.2, 0.25) is 5.02 Å². The van der Waals surface area contributed by atoms with Gasteiger partial charge in [-0.25, -0.2) is 0 Å². The molecular weight excluding hydrogens is 374 g/mol. The predicted octanol–water partition coefficient (Wildman–Crippen LogP) is 3.93. The minimum atomic E-state index is -0.350. The van der Waals surface area contributed by atoms with E-state index in [9.17, 15) is 9.59 Å². The number of amides is 1. The van der Waals surface area contributed by atoms with Gasteiger partial charge < -0.3 is 14.8 Å². The molecule has 2 saturated heterocycles. The van der Waals surface area contributed by atoms with Crippen molar-refractivity contribution in [1.29, 1.82) is 0 Å². The monoisotopic (exact) mass is 405 g/mol. The van der Waals surface area contributed by atoms with Gasteiger partial charge in [0.05, 0.1) is 5.56 Å². The number of hydrogen-bond donors (Lipinski definition) is 1. The number of rotatable bonds is 4. The highest BCUT2D eigenvalue weighted by molar-refractivity contribution is 6.30. The molecule has 3 fully saturated rings. The highest BCUT2D eigenvalue weighted by Crippen LogP contribution is 2.40. The van der Waals surface area contributed by atoms with E-state index in [-0.39, 0.29) is 21.9 Å². The van der Waals surface area contributed by atoms with Gasteiger partial charge in [0, 0.05) is 31.2 Å². The van der Waals surface area contributed by atoms with Gasteiger partial charge in [-0.15, -0.1) is 0 Å². The van der Waals surface area contributed by atoms with Crippen LogP contribution in [0.4, 0.5) is 0 Å². The number of aromatic nitrogens is 1. The minimum Gasteiger partial charge on any atom is -0.338 e. The van der Waals surface area contributed by atoms with E-state index >= 15 is 0 Å². The smallest absolute Gasteiger partial charge is 0.266 e. The van der Waals surface area contributed by atoms with Gasteiger partial charge in [0.1, 0.15) is 5.02 Å². The normalized spacial score (nSPS) is 26.8. The van der Waals surface area contributed by atoms with Gasteiger partial charge in [-0.3, -0.25) is 9.59 Å². The van der Waals surface area contributed by atoms with Crippen molar-refractivity contribution in [3.05, 3.63) is 33.2 Å². The molecule has 0 radical (unpaired) electrons. The molecule has 1 saturated carbocycles. The lowest BCUT2D eigenvalue weighted by Crippen LogP contribution is -2.46. The van der Waals surface area contributed by atoms with Crippen LogP contribution in [0, 0.1) is 11.3 Å². The molecule has 0 aromatic carbocycles. The number of likely N-dealkylation sites (tertiary alicyclic amines) is 2. The average molecular weight is 406 g/mol. The highest BCUT2D eigenvalue weighted by Gasteiger charge is 2.42. The van der Waals surface area contributed by atoms with E-state index in [1.807, 2.05) is 4.90 Å². The van der Waals surface area contributed by atoms with Crippen molar-refractivity contribution in [2.24, 2.45) is 11.3 Å². The Morgan fingerprint density at radius 3 is 2.75 bits per heavy atom. The van der Waals surface area contributed by atoms with Crippen LogP contribution in [-0.2, 0) is 0 Å². The molecule has 3 aliphatic rings. The first-order valence-electron chi connectivity index (χ1n) is 10.9. The van der Waals surface area contributed by atoms with Crippen LogP contribution in [0.1, 0.15) is 68.1 Å². The zero-order valence-electron chi connectivity index (χ0n) is 16.7. The first-order chi connectivity index (χ1) is 13.5. The van der Waals surface area contributed by atoms with Crippen LogP contribution in [0.5, 0.6) is 0 Å². The second kappa shape index (κ2) is 8.58. The van der Waals surface area contributed by atoms with E-state index in [0.717, 1.165) is 32.0 Å². The molecule has 154 valence electrons. The lowest BCUT2D eigenvalue weighted by Gasteiger charge is -2.41. The molecule has 1 aliphatic carbocycles. The summed E-state index contributed by atoms with van der Waals surface area (Å²) in [7, 11) is 0. The Morgan fingerprint density at radius 1 is 1.14 bits per heavy atom. The van der Waals surface area contributed by atoms with Crippen molar-refractivity contribution in [3.63, 3.8) is 0 Å². The van der Waals surface area contributed by atoms with Gasteiger partial charge in [-0.1, -0.05) is 43.7 Å². The summed E-state index contributed by atoms with van der Waals surface area (Å²) in [5.74, 6) is 0.910. The van der Waals surface area contributed by atoms with Crippen molar-refractivity contribution < 1.29 is 4.79 Å². The summed E-state index contributed by atoms with van der Waals surface area (Å²) in [5, 5.41) is 0.0753. The summed E-state index contributed by atoms with van der Waals surface area (Å²) in [6.45, 7) is 5.16. The van der Waals surface area contributed by atoms with Gasteiger partial charge in [0.15, 0.2) is 0 Å². The molecule has 1 N–H and O–H groups in total. The summed E-state index contributed by atoms with van der Waals surface area (Å²) in [5.41, 5.74) is 0.371. The Balaban J connectivity index is 1.34. The van der Waals surface area contributed by atoms with Gasteiger partial charge in [-0.05, 0) is 50.8 Å². The van der Waals surface area contributed by atoms with E-state index in [2.05, 4.69) is 9.88 Å². The number of hydrogen-bond acceptors (Lipinski definition) is 3. The largest absolute Gasteiger partial charge is 0.338 e. The number of carbonyl (C=O) groups excluding carboxylic acids is 1. The summed E-state index contributed by atoms with van der Waals surface area (Å²) in [4.78, 5) is 31.5. The Labute approximate surface area is 172 Å². The van der Waals surface area contributed by atoms with E-state index < -0.39 is 0 Å². The standard InChI is InChI=1S/C22H32ClN3O2/c23-19-13-18(14-24-20(19)27)21(28)26-12-9-22(16-26)8-4-10-25(15-22)11-7-17-5-2-1-3-6-17/h13-14,17H,1-12,15-16H2,(H,24,27)/t22-/m1/s1. The Morgan fingerprint density at radius 2 is 1.96 bits per heavy atom. The molecule has 1 atom stereocenters. The molecule has 1 aromatic heterocycles. The molecule has 0 unspecified atom stereocenters. The number of H-pyrrole nitrogens is 1. The molecule has 4 rings (SSSR count). The number of nitrogens with zero attached hydrogens (tertiary/aromatic N) is 2. The second-order valence-corrected chi connectivity index (χ2v) is 9.62. The van der Waals surface area contributed by atoms with Crippen molar-refractivity contribution in [1.82, 2.24) is 14.8 Å². The Hall–Kier alpha value is -1.33. The molecule has 1 aromatic rings. The van der Waals surface area contributed by atoms with Crippen molar-refractivity contribution >= 4 is 17.5 Å². The molecule has 0 bridgehead atoms. The van der Waals surface area contributed by atoms with Gasteiger partial charge in [0.25, 0.3) is 11.5 Å². The molecule has 28 heavy (non-hydrogen) atoms. The van der Waals surface area contributed by atoms with E-state index in [4.69, 9.17) is 11.6 Å². The molecule has 3 heterocycles. The number of aromatic amines is 1. The fourth-order valence-electron chi connectivity index (χ4n) is 5.55. The Kier molecular flexibility index (Phi) is 6.12. The number of pyridine rings is 1. The van der Waals surface area contributed by atoms with Gasteiger partial charge in [0.2, 0.25) is 0 Å². The summed E-state index contributed by atoms with van der Waals surface area (Å²) < 4.78 is 0. The van der Waals surface area contributed by atoms with Crippen molar-refractivity contribution in [2.45, 2.75) is 57.8 Å². The van der Waals surface area contributed by atoms with Crippen LogP contribution in [0.15, 0.2) is 17.1 Å². The van der Waals surface area contributed by atoms with Crippen molar-refractivity contribution in [3.8, 4) is 0 Å². The number of piperidine rings is 1. The third-order valence-corrected chi connectivity index (χ3v) is 7.43. The second-order valence-electron chi connectivity index (χ2n) is 9.21. The van der Waals surface area contributed by atoms with E-state index in [0.29, 0.717) is 5.56 Å². The summed E-state index contributed by atoms with van der Waals surface area (Å²) in [6, 6.07) is 1.49. The quantitative estimate of drug-likeness (QED) is 0.825. The maximum absolute atomic E-state index is 12.9. The lowest BCUT2D eigenvalue weighted by molar-refractivity contribution is 0.0674. The molecule has 5 nitrogen and oxygen atoms in total. The molecule has 1 amide bonds. The fourth-order valence-corrected chi connectivity index (χ4v) is 5.72. The highest BCUT2D eigenvalue weighted by atomic mass is 35.5. The minimum absolute atomic E-state index is 0.0191. The zero-order chi connectivity index (χ0) is 19.6. The lowest BCUT2D eigenvalue weighted by atomic mass is 9.79. The predicted molar refractivity (Wildman–Crippen MR) is 112 cm³/mol. The molecule has 6 heteroatoms. The van der Waals surface area contributed by atoms with E-state index in [1.165, 1.54) is 76.7 Å². The number of halogens is 1. The molecule has 2 aliphatic heterocycles. The van der Waals surface area contributed by atoms with Crippen LogP contribution in [-0.4, -0.2) is 53.4 Å². The van der Waals surface area contributed by atoms with Gasteiger partial charge >= 0.3 is 0 Å². The first kappa shape index (κ1) is 20.0. The SMILES string of the molecule is O=C(c1c[nH]c(=O)c(Cl)c1)N1CC[C@@]2(CCCN(CCC3CCCCC3)C2)C1. The number of nitrogens with one attached hydrogen (secondary N) is 1. The maximum atomic E-state index is 12.9. The van der Waals surface area contributed by atoms with Crippen LogP contribution in [0.25, 0.3) is 0 Å². The zero-order valence-corrected chi connectivity index (χ0v) is 17.5.